The quantitative estimate of drug-likeness (QED) is 0.305. The van der Waals surface area contributed by atoms with Crippen molar-refractivity contribution in [2.45, 2.75) is 31.0 Å². The first kappa shape index (κ1) is 25.3. The molecular formula is C25H22N4O8S. The fourth-order valence-electron chi connectivity index (χ4n) is 4.14. The highest BCUT2D eigenvalue weighted by Crippen LogP contribution is 2.41. The van der Waals surface area contributed by atoms with Crippen molar-refractivity contribution in [1.29, 1.82) is 0 Å². The van der Waals surface area contributed by atoms with Gasteiger partial charge in [-0.15, -0.1) is 0 Å². The van der Waals surface area contributed by atoms with Crippen LogP contribution in [0.1, 0.15) is 33.9 Å². The summed E-state index contributed by atoms with van der Waals surface area (Å²) >= 11 is 0.625. The van der Waals surface area contributed by atoms with Gasteiger partial charge in [0.05, 0.1) is 11.1 Å². The second-order valence-electron chi connectivity index (χ2n) is 8.69. The Bertz CT molecular complexity index is 1550. The predicted octanol–water partition coefficient (Wildman–Crippen LogP) is 1.87. The van der Waals surface area contributed by atoms with Crippen LogP contribution in [0.25, 0.3) is 10.3 Å². The van der Waals surface area contributed by atoms with Gasteiger partial charge in [-0.05, 0) is 31.2 Å². The summed E-state index contributed by atoms with van der Waals surface area (Å²) in [6.07, 6.45) is -4.08. The van der Waals surface area contributed by atoms with E-state index in [1.54, 1.807) is 48.5 Å². The third kappa shape index (κ3) is 4.58. The van der Waals surface area contributed by atoms with E-state index in [1.807, 2.05) is 0 Å². The third-order valence-corrected chi connectivity index (χ3v) is 7.07. The van der Waals surface area contributed by atoms with Crippen LogP contribution < -0.4 is 10.6 Å². The third-order valence-electron chi connectivity index (χ3n) is 6.13. The van der Waals surface area contributed by atoms with Gasteiger partial charge in [-0.2, -0.15) is 9.97 Å². The number of aromatic nitrogens is 3. The largest absolute Gasteiger partial charge is 0.492 e. The van der Waals surface area contributed by atoms with Gasteiger partial charge in [0, 0.05) is 0 Å². The highest BCUT2D eigenvalue weighted by molar-refractivity contribution is 7.16. The lowest BCUT2D eigenvalue weighted by atomic mass is 9.94. The second-order valence-corrected chi connectivity index (χ2v) is 9.66. The Labute approximate surface area is 218 Å². The zero-order valence-electron chi connectivity index (χ0n) is 19.9. The van der Waals surface area contributed by atoms with E-state index in [9.17, 15) is 24.6 Å². The van der Waals surface area contributed by atoms with Crippen LogP contribution in [0.4, 0.5) is 5.95 Å². The van der Waals surface area contributed by atoms with E-state index >= 15 is 0 Å². The van der Waals surface area contributed by atoms with E-state index in [2.05, 4.69) is 9.97 Å². The van der Waals surface area contributed by atoms with Gasteiger partial charge >= 0.3 is 16.8 Å². The molecular weight excluding hydrogens is 516 g/mol. The van der Waals surface area contributed by atoms with Crippen LogP contribution in [0.15, 0.2) is 65.5 Å². The smallest absolute Gasteiger partial charge is 0.338 e. The number of fused-ring (bicyclic) bond motifs is 1. The van der Waals surface area contributed by atoms with Gasteiger partial charge in [-0.25, -0.2) is 9.59 Å². The number of esters is 2. The molecule has 12 nitrogen and oxygen atoms in total. The Hall–Kier alpha value is -4.33. The van der Waals surface area contributed by atoms with E-state index in [0.717, 1.165) is 4.57 Å². The van der Waals surface area contributed by atoms with Gasteiger partial charge < -0.3 is 30.2 Å². The average molecular weight is 539 g/mol. The van der Waals surface area contributed by atoms with Crippen molar-refractivity contribution < 1.29 is 34.0 Å². The van der Waals surface area contributed by atoms with Crippen LogP contribution in [0.2, 0.25) is 0 Å². The molecule has 3 heterocycles. The molecule has 0 amide bonds. The maximum Gasteiger partial charge on any atom is 0.338 e. The number of nitrogen functional groups attached to an aromatic ring is 1. The number of hydrogen-bond donors (Lipinski definition) is 3. The highest BCUT2D eigenvalue weighted by atomic mass is 32.1. The molecule has 0 aliphatic carbocycles. The molecule has 1 aliphatic heterocycles. The standard InChI is InChI=1S/C25H22N4O8S/c1-25(34)15(12-35-21(31)13-8-4-2-5-9-13)36-20(17(25)37-22(32)14-10-6-3-7-11-14)29-18-16(38-24(29)33)19(30)28-23(26)27-18/h2-11,15,17,20,34H,12H2,1H3,(H3,26,27,28,30)/t15-,17+,20-,25-/m1/s1. The highest BCUT2D eigenvalue weighted by Gasteiger charge is 2.57. The average Bonchev–Trinajstić information content (AvgIpc) is 3.35. The molecule has 38 heavy (non-hydrogen) atoms. The predicted molar refractivity (Wildman–Crippen MR) is 135 cm³/mol. The maximum absolute atomic E-state index is 13.0. The Morgan fingerprint density at radius 1 is 1.08 bits per heavy atom. The van der Waals surface area contributed by atoms with Gasteiger partial charge in [-0.1, -0.05) is 47.7 Å². The molecule has 1 fully saturated rings. The molecule has 2 aromatic heterocycles. The summed E-state index contributed by atoms with van der Waals surface area (Å²) in [6, 6.07) is 16.3. The number of anilines is 1. The number of benzene rings is 2. The maximum atomic E-state index is 13.0. The SMILES string of the molecule is C[C@@]1(O)[C@@H](COC(=O)c2ccccc2)O[C@@H](n2c(=O)sc3c(O)nc(N)nc32)[C@@H]1OC(=O)c1ccccc1. The van der Waals surface area contributed by atoms with Crippen LogP contribution >= 0.6 is 11.3 Å². The van der Waals surface area contributed by atoms with Crippen molar-refractivity contribution in [2.75, 3.05) is 12.3 Å². The second kappa shape index (κ2) is 9.85. The van der Waals surface area contributed by atoms with E-state index in [1.165, 1.54) is 19.1 Å². The molecule has 13 heteroatoms. The lowest BCUT2D eigenvalue weighted by Gasteiger charge is -2.29. The van der Waals surface area contributed by atoms with Crippen molar-refractivity contribution in [2.24, 2.45) is 0 Å². The number of carbonyl (C=O) groups is 2. The van der Waals surface area contributed by atoms with E-state index in [0.29, 0.717) is 11.3 Å². The summed E-state index contributed by atoms with van der Waals surface area (Å²) in [5.74, 6) is -2.26. The number of hydrogen-bond acceptors (Lipinski definition) is 12. The number of aliphatic hydroxyl groups is 1. The molecule has 1 saturated heterocycles. The number of aromatic hydroxyl groups is 1. The van der Waals surface area contributed by atoms with Crippen LogP contribution in [0.3, 0.4) is 0 Å². The number of thiazole rings is 1. The Morgan fingerprint density at radius 2 is 1.68 bits per heavy atom. The van der Waals surface area contributed by atoms with Crippen molar-refractivity contribution in [1.82, 2.24) is 14.5 Å². The molecule has 0 bridgehead atoms. The zero-order valence-corrected chi connectivity index (χ0v) is 20.7. The molecule has 0 spiro atoms. The molecule has 4 aromatic rings. The summed E-state index contributed by atoms with van der Waals surface area (Å²) in [5.41, 5.74) is 4.17. The zero-order chi connectivity index (χ0) is 27.0. The fraction of sp³-hybridized carbons (Fsp3) is 0.240. The first-order chi connectivity index (χ1) is 18.2. The lowest BCUT2D eigenvalue weighted by Crippen LogP contribution is -2.49. The molecule has 5 rings (SSSR count). The van der Waals surface area contributed by atoms with Crippen molar-refractivity contribution in [3.63, 3.8) is 0 Å². The minimum absolute atomic E-state index is 0.0273. The summed E-state index contributed by atoms with van der Waals surface area (Å²) in [5, 5.41) is 21.7. The van der Waals surface area contributed by atoms with Crippen LogP contribution in [0, 0.1) is 0 Å². The van der Waals surface area contributed by atoms with Crippen molar-refractivity contribution >= 4 is 39.6 Å². The molecule has 4 atom stereocenters. The number of nitrogens with two attached hydrogens (primary N) is 1. The van der Waals surface area contributed by atoms with Crippen molar-refractivity contribution in [3.05, 3.63) is 81.5 Å². The molecule has 0 radical (unpaired) electrons. The van der Waals surface area contributed by atoms with E-state index in [4.69, 9.17) is 19.9 Å². The molecule has 2 aromatic carbocycles. The number of carbonyl (C=O) groups excluding carboxylic acids is 2. The minimum atomic E-state index is -1.93. The number of nitrogens with zero attached hydrogens (tertiary/aromatic N) is 3. The van der Waals surface area contributed by atoms with Crippen LogP contribution in [-0.4, -0.2) is 61.1 Å². The lowest BCUT2D eigenvalue weighted by molar-refractivity contribution is -0.0873. The Kier molecular flexibility index (Phi) is 6.57. The number of rotatable bonds is 6. The fourth-order valence-corrected chi connectivity index (χ4v) is 4.98. The van der Waals surface area contributed by atoms with Gasteiger partial charge in [0.15, 0.2) is 18.0 Å². The first-order valence-electron chi connectivity index (χ1n) is 11.4. The molecule has 0 unspecified atom stereocenters. The van der Waals surface area contributed by atoms with Gasteiger partial charge in [0.2, 0.25) is 11.8 Å². The van der Waals surface area contributed by atoms with Crippen LogP contribution in [-0.2, 0) is 14.2 Å². The summed E-state index contributed by atoms with van der Waals surface area (Å²) < 4.78 is 18.1. The Balaban J connectivity index is 1.51. The van der Waals surface area contributed by atoms with Crippen LogP contribution in [0.5, 0.6) is 5.88 Å². The summed E-state index contributed by atoms with van der Waals surface area (Å²) in [6.45, 7) is 0.924. The summed E-state index contributed by atoms with van der Waals surface area (Å²) in [7, 11) is 0. The minimum Gasteiger partial charge on any atom is -0.492 e. The van der Waals surface area contributed by atoms with Gasteiger partial charge in [-0.3, -0.25) is 9.36 Å². The molecule has 1 aliphatic rings. The first-order valence-corrected chi connectivity index (χ1v) is 12.2. The normalized spacial score (nSPS) is 22.8. The topological polar surface area (TPSA) is 176 Å². The Morgan fingerprint density at radius 3 is 2.32 bits per heavy atom. The van der Waals surface area contributed by atoms with Crippen molar-refractivity contribution in [3.8, 4) is 5.88 Å². The van der Waals surface area contributed by atoms with E-state index < -0.39 is 53.3 Å². The summed E-state index contributed by atoms with van der Waals surface area (Å²) in [4.78, 5) is 45.6. The monoisotopic (exact) mass is 538 g/mol. The number of ether oxygens (including phenoxy) is 3. The molecule has 0 saturated carbocycles. The van der Waals surface area contributed by atoms with Gasteiger partial charge in [0.25, 0.3) is 0 Å². The van der Waals surface area contributed by atoms with Gasteiger partial charge in [0.1, 0.15) is 23.0 Å². The molecule has 196 valence electrons. The molecule has 4 N–H and O–H groups in total. The van der Waals surface area contributed by atoms with E-state index in [-0.39, 0.29) is 27.4 Å².